The topological polar surface area (TPSA) is 80.9 Å². The van der Waals surface area contributed by atoms with Gasteiger partial charge in [-0.15, -0.1) is 0 Å². The highest BCUT2D eigenvalue weighted by Crippen LogP contribution is 2.38. The van der Waals surface area contributed by atoms with Crippen molar-refractivity contribution in [2.75, 3.05) is 0 Å². The zero-order valence-electron chi connectivity index (χ0n) is 23.0. The van der Waals surface area contributed by atoms with E-state index < -0.39 is 11.2 Å². The van der Waals surface area contributed by atoms with E-state index in [1.54, 1.807) is 0 Å². The maximum atomic E-state index is 10.9. The fourth-order valence-corrected chi connectivity index (χ4v) is 4.54. The Hall–Kier alpha value is -1.78. The monoisotopic (exact) mass is 474 g/mol. The normalized spacial score (nSPS) is 15.0. The van der Waals surface area contributed by atoms with Crippen molar-refractivity contribution in [1.29, 1.82) is 0 Å². The van der Waals surface area contributed by atoms with E-state index in [-0.39, 0.29) is 11.5 Å². The summed E-state index contributed by atoms with van der Waals surface area (Å²) in [5.41, 5.74) is 4.29. The SMILES string of the molecule is CCc1c(C)c(O)c(C)c(CCC(C)(O)CC/C=C(\C)CC/C=C(\C)CCCC(C)(C)O)c1O. The van der Waals surface area contributed by atoms with Crippen molar-refractivity contribution >= 4 is 0 Å². The summed E-state index contributed by atoms with van der Waals surface area (Å²) >= 11 is 0. The molecule has 4 nitrogen and oxygen atoms in total. The molecule has 0 spiro atoms. The molecule has 0 amide bonds. The van der Waals surface area contributed by atoms with Gasteiger partial charge in [0.1, 0.15) is 11.5 Å². The Bertz CT molecular complexity index is 854. The second-order valence-electron chi connectivity index (χ2n) is 11.1. The maximum Gasteiger partial charge on any atom is 0.122 e. The highest BCUT2D eigenvalue weighted by Gasteiger charge is 2.23. The van der Waals surface area contributed by atoms with Crippen molar-refractivity contribution in [2.45, 2.75) is 131 Å². The van der Waals surface area contributed by atoms with Crippen LogP contribution in [0.5, 0.6) is 11.5 Å². The molecule has 0 aromatic heterocycles. The van der Waals surface area contributed by atoms with Crippen LogP contribution in [0.4, 0.5) is 0 Å². The van der Waals surface area contributed by atoms with Crippen LogP contribution in [-0.4, -0.2) is 31.6 Å². The van der Waals surface area contributed by atoms with Gasteiger partial charge in [0.15, 0.2) is 0 Å². The van der Waals surface area contributed by atoms with Crippen molar-refractivity contribution in [2.24, 2.45) is 0 Å². The number of hydrogen-bond acceptors (Lipinski definition) is 4. The van der Waals surface area contributed by atoms with Crippen molar-refractivity contribution in [3.8, 4) is 11.5 Å². The van der Waals surface area contributed by atoms with Gasteiger partial charge in [0.25, 0.3) is 0 Å². The van der Waals surface area contributed by atoms with Crippen LogP contribution in [0.15, 0.2) is 23.3 Å². The first kappa shape index (κ1) is 30.3. The van der Waals surface area contributed by atoms with Crippen molar-refractivity contribution in [3.63, 3.8) is 0 Å². The van der Waals surface area contributed by atoms with E-state index in [0.717, 1.165) is 55.2 Å². The van der Waals surface area contributed by atoms with Gasteiger partial charge in [-0.3, -0.25) is 0 Å². The van der Waals surface area contributed by atoms with Gasteiger partial charge in [0, 0.05) is 11.1 Å². The van der Waals surface area contributed by atoms with Crippen LogP contribution in [0.3, 0.4) is 0 Å². The van der Waals surface area contributed by atoms with Gasteiger partial charge in [0.2, 0.25) is 0 Å². The second-order valence-corrected chi connectivity index (χ2v) is 11.1. The molecule has 0 aliphatic rings. The van der Waals surface area contributed by atoms with Crippen LogP contribution in [0.25, 0.3) is 0 Å². The van der Waals surface area contributed by atoms with Crippen LogP contribution in [0.2, 0.25) is 0 Å². The van der Waals surface area contributed by atoms with Gasteiger partial charge in [0.05, 0.1) is 11.2 Å². The lowest BCUT2D eigenvalue weighted by atomic mass is 9.87. The second kappa shape index (κ2) is 13.3. The van der Waals surface area contributed by atoms with Crippen LogP contribution < -0.4 is 0 Å². The third kappa shape index (κ3) is 10.2. The molecule has 1 rings (SSSR count). The lowest BCUT2D eigenvalue weighted by Gasteiger charge is -2.24. The van der Waals surface area contributed by atoms with E-state index in [0.29, 0.717) is 31.2 Å². The zero-order valence-corrected chi connectivity index (χ0v) is 23.0. The van der Waals surface area contributed by atoms with E-state index in [4.69, 9.17) is 0 Å². The number of benzene rings is 1. The van der Waals surface area contributed by atoms with Gasteiger partial charge < -0.3 is 20.4 Å². The molecule has 1 aromatic carbocycles. The van der Waals surface area contributed by atoms with E-state index in [1.165, 1.54) is 11.1 Å². The summed E-state index contributed by atoms with van der Waals surface area (Å²) in [6, 6.07) is 0. The van der Waals surface area contributed by atoms with E-state index in [2.05, 4.69) is 26.0 Å². The van der Waals surface area contributed by atoms with Gasteiger partial charge in [-0.1, -0.05) is 30.2 Å². The summed E-state index contributed by atoms with van der Waals surface area (Å²) in [6.45, 7) is 15.5. The molecule has 0 bridgehead atoms. The van der Waals surface area contributed by atoms with Gasteiger partial charge in [-0.2, -0.15) is 0 Å². The Morgan fingerprint density at radius 3 is 1.91 bits per heavy atom. The van der Waals surface area contributed by atoms with Crippen molar-refractivity contribution in [1.82, 2.24) is 0 Å². The standard InChI is InChI=1S/C30H50O4/c1-9-25-23(4)27(31)24(5)26(28(25)32)17-20-30(8,34)19-12-16-22(3)14-10-13-21(2)15-11-18-29(6,7)33/h13,16,31-34H,9-12,14-15,17-20H2,1-8H3/b21-13+,22-16+. The molecule has 0 aliphatic heterocycles. The first-order valence-corrected chi connectivity index (χ1v) is 13.0. The Labute approximate surface area is 208 Å². The fourth-order valence-electron chi connectivity index (χ4n) is 4.54. The molecule has 0 aliphatic carbocycles. The first-order chi connectivity index (χ1) is 15.7. The van der Waals surface area contributed by atoms with Crippen molar-refractivity contribution in [3.05, 3.63) is 45.6 Å². The van der Waals surface area contributed by atoms with Gasteiger partial charge in [-0.05, 0) is 124 Å². The molecule has 194 valence electrons. The zero-order chi connectivity index (χ0) is 26.1. The van der Waals surface area contributed by atoms with Crippen LogP contribution in [0, 0.1) is 13.8 Å². The summed E-state index contributed by atoms with van der Waals surface area (Å²) in [7, 11) is 0. The van der Waals surface area contributed by atoms with Gasteiger partial charge in [-0.25, -0.2) is 0 Å². The largest absolute Gasteiger partial charge is 0.507 e. The minimum atomic E-state index is -0.834. The lowest BCUT2D eigenvalue weighted by Crippen LogP contribution is -2.24. The molecule has 0 saturated carbocycles. The number of rotatable bonds is 14. The molecule has 1 unspecified atom stereocenters. The highest BCUT2D eigenvalue weighted by molar-refractivity contribution is 5.57. The van der Waals surface area contributed by atoms with E-state index in [9.17, 15) is 20.4 Å². The Balaban J connectivity index is 2.54. The number of aromatic hydroxyl groups is 2. The lowest BCUT2D eigenvalue weighted by molar-refractivity contribution is 0.0430. The quantitative estimate of drug-likeness (QED) is 0.168. The summed E-state index contributed by atoms with van der Waals surface area (Å²) in [4.78, 5) is 0. The minimum absolute atomic E-state index is 0.254. The van der Waals surface area contributed by atoms with Crippen LogP contribution in [-0.2, 0) is 12.8 Å². The molecule has 0 heterocycles. The Morgan fingerprint density at radius 2 is 1.32 bits per heavy atom. The molecule has 34 heavy (non-hydrogen) atoms. The van der Waals surface area contributed by atoms with Crippen LogP contribution >= 0.6 is 0 Å². The summed E-state index contributed by atoms with van der Waals surface area (Å²) < 4.78 is 0. The number of allylic oxidation sites excluding steroid dienone is 4. The third-order valence-electron chi connectivity index (χ3n) is 7.02. The molecular weight excluding hydrogens is 424 g/mol. The molecule has 0 fully saturated rings. The number of hydrogen-bond donors (Lipinski definition) is 4. The predicted molar refractivity (Wildman–Crippen MR) is 144 cm³/mol. The van der Waals surface area contributed by atoms with E-state index >= 15 is 0 Å². The van der Waals surface area contributed by atoms with Crippen LogP contribution in [0.1, 0.15) is 115 Å². The molecule has 4 N–H and O–H groups in total. The summed E-state index contributed by atoms with van der Waals surface area (Å²) in [5, 5.41) is 41.9. The Kier molecular flexibility index (Phi) is 11.9. The number of phenolic OH excluding ortho intramolecular Hbond substituents is 2. The minimum Gasteiger partial charge on any atom is -0.507 e. The molecular formula is C30H50O4. The smallest absolute Gasteiger partial charge is 0.122 e. The molecule has 0 radical (unpaired) electrons. The van der Waals surface area contributed by atoms with Crippen molar-refractivity contribution < 1.29 is 20.4 Å². The highest BCUT2D eigenvalue weighted by atomic mass is 16.3. The summed E-state index contributed by atoms with van der Waals surface area (Å²) in [6.07, 6.45) is 12.6. The molecule has 1 aromatic rings. The molecule has 4 heteroatoms. The summed E-state index contributed by atoms with van der Waals surface area (Å²) in [5.74, 6) is 0.523. The third-order valence-corrected chi connectivity index (χ3v) is 7.02. The van der Waals surface area contributed by atoms with E-state index in [1.807, 2.05) is 41.5 Å². The molecule has 0 saturated heterocycles. The predicted octanol–water partition coefficient (Wildman–Crippen LogP) is 7.35. The fraction of sp³-hybridized carbons (Fsp3) is 0.667. The average molecular weight is 475 g/mol. The first-order valence-electron chi connectivity index (χ1n) is 13.0. The average Bonchev–Trinajstić information content (AvgIpc) is 2.71. The number of phenols is 2. The number of aliphatic hydroxyl groups is 2. The maximum absolute atomic E-state index is 10.9. The molecule has 1 atom stereocenters. The van der Waals surface area contributed by atoms with Gasteiger partial charge >= 0.3 is 0 Å². The Morgan fingerprint density at radius 1 is 0.765 bits per heavy atom.